The molecule has 2 N–H and O–H groups in total. The molecule has 0 aliphatic carbocycles. The van der Waals surface area contributed by atoms with Crippen molar-refractivity contribution < 1.29 is 5.11 Å². The Balaban J connectivity index is 4.18. The van der Waals surface area contributed by atoms with Crippen molar-refractivity contribution in [2.24, 2.45) is 5.92 Å². The highest BCUT2D eigenvalue weighted by molar-refractivity contribution is 5.03. The topological polar surface area (TPSA) is 32.3 Å². The number of hydrogen-bond donors (Lipinski definition) is 2. The van der Waals surface area contributed by atoms with E-state index in [1.165, 1.54) is 5.57 Å². The van der Waals surface area contributed by atoms with Crippen molar-refractivity contribution in [3.05, 3.63) is 11.6 Å². The van der Waals surface area contributed by atoms with Gasteiger partial charge in [-0.25, -0.2) is 0 Å². The van der Waals surface area contributed by atoms with Crippen molar-refractivity contribution in [2.45, 2.75) is 39.8 Å². The zero-order valence-corrected chi connectivity index (χ0v) is 8.76. The van der Waals surface area contributed by atoms with Gasteiger partial charge in [0.15, 0.2) is 0 Å². The predicted octanol–water partition coefficient (Wildman–Crippen LogP) is 1.56. The summed E-state index contributed by atoms with van der Waals surface area (Å²) >= 11 is 0. The van der Waals surface area contributed by atoms with Crippen LogP contribution in [0.4, 0.5) is 0 Å². The summed E-state index contributed by atoms with van der Waals surface area (Å²) in [6.07, 6.45) is 1.75. The Morgan fingerprint density at radius 1 is 1.42 bits per heavy atom. The third kappa shape index (κ3) is 2.95. The van der Waals surface area contributed by atoms with Gasteiger partial charge >= 0.3 is 0 Å². The van der Waals surface area contributed by atoms with Crippen molar-refractivity contribution in [1.29, 1.82) is 0 Å². The van der Waals surface area contributed by atoms with Gasteiger partial charge in [-0.2, -0.15) is 0 Å². The first-order valence-corrected chi connectivity index (χ1v) is 4.52. The largest absolute Gasteiger partial charge is 0.391 e. The van der Waals surface area contributed by atoms with E-state index in [1.54, 1.807) is 0 Å². The van der Waals surface area contributed by atoms with Crippen LogP contribution in [-0.2, 0) is 0 Å². The van der Waals surface area contributed by atoms with E-state index in [0.717, 1.165) is 0 Å². The van der Waals surface area contributed by atoms with Crippen LogP contribution in [-0.4, -0.2) is 24.3 Å². The van der Waals surface area contributed by atoms with Crippen LogP contribution >= 0.6 is 0 Å². The Hall–Kier alpha value is -0.340. The SMILES string of the molecule is C/C=C(/C)C(C)C(O)C(C)NC. The molecule has 3 unspecified atom stereocenters. The first-order chi connectivity index (χ1) is 5.54. The number of rotatable bonds is 4. The Bertz CT molecular complexity index is 154. The fraction of sp³-hybridized carbons (Fsp3) is 0.800. The lowest BCUT2D eigenvalue weighted by atomic mass is 9.92. The predicted molar refractivity (Wildman–Crippen MR) is 53.1 cm³/mol. The van der Waals surface area contributed by atoms with Crippen LogP contribution in [0.5, 0.6) is 0 Å². The molecule has 0 rings (SSSR count). The maximum Gasteiger partial charge on any atom is 0.0752 e. The molecular formula is C10H21NO. The number of nitrogens with one attached hydrogen (secondary N) is 1. The summed E-state index contributed by atoms with van der Waals surface area (Å²) in [5, 5.41) is 12.8. The second kappa shape index (κ2) is 5.33. The molecule has 0 aliphatic heterocycles. The highest BCUT2D eigenvalue weighted by atomic mass is 16.3. The van der Waals surface area contributed by atoms with Crippen molar-refractivity contribution in [3.8, 4) is 0 Å². The zero-order valence-electron chi connectivity index (χ0n) is 8.76. The molecule has 12 heavy (non-hydrogen) atoms. The van der Waals surface area contributed by atoms with Gasteiger partial charge in [0.05, 0.1) is 6.10 Å². The number of allylic oxidation sites excluding steroid dienone is 1. The first-order valence-electron chi connectivity index (χ1n) is 4.52. The molecule has 0 aromatic rings. The fourth-order valence-corrected chi connectivity index (χ4v) is 1.14. The molecule has 0 saturated heterocycles. The van der Waals surface area contributed by atoms with Crippen LogP contribution < -0.4 is 5.32 Å². The zero-order chi connectivity index (χ0) is 9.72. The highest BCUT2D eigenvalue weighted by Gasteiger charge is 2.20. The number of aliphatic hydroxyl groups excluding tert-OH is 1. The van der Waals surface area contributed by atoms with E-state index >= 15 is 0 Å². The second-order valence-corrected chi connectivity index (χ2v) is 3.39. The van der Waals surface area contributed by atoms with E-state index in [9.17, 15) is 5.11 Å². The molecule has 2 heteroatoms. The van der Waals surface area contributed by atoms with E-state index in [-0.39, 0.29) is 18.1 Å². The molecule has 0 aromatic heterocycles. The Kier molecular flexibility index (Phi) is 5.18. The summed E-state index contributed by atoms with van der Waals surface area (Å²) in [5.41, 5.74) is 1.24. The highest BCUT2D eigenvalue weighted by Crippen LogP contribution is 2.16. The average Bonchev–Trinajstić information content (AvgIpc) is 2.12. The molecule has 0 fully saturated rings. The van der Waals surface area contributed by atoms with Gasteiger partial charge in [-0.1, -0.05) is 18.6 Å². The summed E-state index contributed by atoms with van der Waals surface area (Å²) in [5.74, 6) is 0.234. The molecule has 0 amide bonds. The minimum Gasteiger partial charge on any atom is -0.391 e. The third-order valence-corrected chi connectivity index (χ3v) is 2.65. The van der Waals surface area contributed by atoms with Gasteiger partial charge < -0.3 is 10.4 Å². The van der Waals surface area contributed by atoms with Crippen molar-refractivity contribution in [1.82, 2.24) is 5.32 Å². The van der Waals surface area contributed by atoms with Gasteiger partial charge in [-0.3, -0.25) is 0 Å². The first kappa shape index (κ1) is 11.7. The van der Waals surface area contributed by atoms with Gasteiger partial charge in [-0.05, 0) is 27.8 Å². The lowest BCUT2D eigenvalue weighted by Crippen LogP contribution is -2.39. The van der Waals surface area contributed by atoms with Gasteiger partial charge in [0, 0.05) is 12.0 Å². The molecule has 0 heterocycles. The van der Waals surface area contributed by atoms with Gasteiger partial charge in [0.25, 0.3) is 0 Å². The summed E-state index contributed by atoms with van der Waals surface area (Å²) in [7, 11) is 1.87. The van der Waals surface area contributed by atoms with E-state index < -0.39 is 0 Å². The molecule has 3 atom stereocenters. The van der Waals surface area contributed by atoms with Crippen molar-refractivity contribution in [2.75, 3.05) is 7.05 Å². The van der Waals surface area contributed by atoms with Gasteiger partial charge in [0.2, 0.25) is 0 Å². The van der Waals surface area contributed by atoms with E-state index in [4.69, 9.17) is 0 Å². The fourth-order valence-electron chi connectivity index (χ4n) is 1.14. The van der Waals surface area contributed by atoms with Crippen LogP contribution in [0.2, 0.25) is 0 Å². The molecule has 0 bridgehead atoms. The Morgan fingerprint density at radius 2 is 1.92 bits per heavy atom. The van der Waals surface area contributed by atoms with Crippen LogP contribution in [0.3, 0.4) is 0 Å². The molecule has 0 aliphatic rings. The monoisotopic (exact) mass is 171 g/mol. The quantitative estimate of drug-likeness (QED) is 0.629. The van der Waals surface area contributed by atoms with Crippen LogP contribution in [0.1, 0.15) is 27.7 Å². The van der Waals surface area contributed by atoms with E-state index in [2.05, 4.69) is 18.3 Å². The maximum atomic E-state index is 9.78. The molecular weight excluding hydrogens is 150 g/mol. The Morgan fingerprint density at radius 3 is 2.25 bits per heavy atom. The maximum absolute atomic E-state index is 9.78. The number of likely N-dealkylation sites (N-methyl/N-ethyl adjacent to an activating group) is 1. The standard InChI is InChI=1S/C10H21NO/c1-6-7(2)8(3)10(12)9(4)11-5/h6,8-12H,1-5H3/b7-6-. The number of aliphatic hydroxyl groups is 1. The lowest BCUT2D eigenvalue weighted by molar-refractivity contribution is 0.0995. The minimum absolute atomic E-state index is 0.148. The summed E-state index contributed by atoms with van der Waals surface area (Å²) in [4.78, 5) is 0. The van der Waals surface area contributed by atoms with Gasteiger partial charge in [0.1, 0.15) is 0 Å². The van der Waals surface area contributed by atoms with Crippen LogP contribution in [0.15, 0.2) is 11.6 Å². The summed E-state index contributed by atoms with van der Waals surface area (Å²) < 4.78 is 0. The summed E-state index contributed by atoms with van der Waals surface area (Å²) in [6.45, 7) is 8.09. The van der Waals surface area contributed by atoms with Crippen molar-refractivity contribution >= 4 is 0 Å². The molecule has 0 saturated carbocycles. The van der Waals surface area contributed by atoms with Crippen LogP contribution in [0.25, 0.3) is 0 Å². The van der Waals surface area contributed by atoms with Crippen LogP contribution in [0, 0.1) is 5.92 Å². The van der Waals surface area contributed by atoms with E-state index in [1.807, 2.05) is 27.8 Å². The average molecular weight is 171 g/mol. The molecule has 72 valence electrons. The smallest absolute Gasteiger partial charge is 0.0752 e. The third-order valence-electron chi connectivity index (χ3n) is 2.65. The lowest BCUT2D eigenvalue weighted by Gasteiger charge is -2.25. The molecule has 0 spiro atoms. The van der Waals surface area contributed by atoms with Crippen molar-refractivity contribution in [3.63, 3.8) is 0 Å². The molecule has 2 nitrogen and oxygen atoms in total. The van der Waals surface area contributed by atoms with E-state index in [0.29, 0.717) is 0 Å². The van der Waals surface area contributed by atoms with Gasteiger partial charge in [-0.15, -0.1) is 0 Å². The summed E-state index contributed by atoms with van der Waals surface area (Å²) in [6, 6.07) is 0.148. The molecule has 0 radical (unpaired) electrons. The minimum atomic E-state index is -0.300. The normalized spacial score (nSPS) is 20.3. The Labute approximate surface area is 75.7 Å². The second-order valence-electron chi connectivity index (χ2n) is 3.39. The number of hydrogen-bond acceptors (Lipinski definition) is 2. The molecule has 0 aromatic carbocycles.